The minimum Gasteiger partial charge on any atom is -0.482 e. The number of anilines is 1. The number of rotatable bonds is 7. The molecule has 1 amide bonds. The lowest BCUT2D eigenvalue weighted by Crippen LogP contribution is -2.31. The third-order valence-corrected chi connectivity index (χ3v) is 3.91. The van der Waals surface area contributed by atoms with Crippen LogP contribution in [0.3, 0.4) is 0 Å². The van der Waals surface area contributed by atoms with E-state index in [-0.39, 0.29) is 12.4 Å². The summed E-state index contributed by atoms with van der Waals surface area (Å²) in [5, 5.41) is 2.61. The van der Waals surface area contributed by atoms with E-state index in [0.29, 0.717) is 17.0 Å². The van der Waals surface area contributed by atoms with Crippen molar-refractivity contribution < 1.29 is 23.9 Å². The summed E-state index contributed by atoms with van der Waals surface area (Å²) in [6, 6.07) is 13.5. The maximum absolute atomic E-state index is 12.1. The molecule has 0 saturated heterocycles. The predicted octanol–water partition coefficient (Wildman–Crippen LogP) is 3.60. The van der Waals surface area contributed by atoms with Gasteiger partial charge < -0.3 is 14.8 Å². The summed E-state index contributed by atoms with van der Waals surface area (Å²) in [5.74, 6) is -0.746. The average molecular weight is 420 g/mol. The van der Waals surface area contributed by atoms with E-state index in [0.717, 1.165) is 4.47 Å². The van der Waals surface area contributed by atoms with Crippen LogP contribution in [0.2, 0.25) is 0 Å². The molecule has 0 aromatic heterocycles. The molecule has 0 unspecified atom stereocenters. The number of benzene rings is 2. The summed E-state index contributed by atoms with van der Waals surface area (Å²) in [4.78, 5) is 35.3. The number of hydrogen-bond donors (Lipinski definition) is 1. The van der Waals surface area contributed by atoms with Gasteiger partial charge in [0.25, 0.3) is 5.91 Å². The molecule has 0 radical (unpaired) electrons. The number of carbonyl (C=O) groups excluding carboxylic acids is 3. The number of carbonyl (C=O) groups is 3. The Bertz CT molecular complexity index is 804. The van der Waals surface area contributed by atoms with Gasteiger partial charge in [-0.15, -0.1) is 0 Å². The summed E-state index contributed by atoms with van der Waals surface area (Å²) in [5.41, 5.74) is 0.937. The van der Waals surface area contributed by atoms with Gasteiger partial charge in [-0.25, -0.2) is 4.79 Å². The van der Waals surface area contributed by atoms with E-state index in [9.17, 15) is 14.4 Å². The quantitative estimate of drug-likeness (QED) is 0.547. The standard InChI is InChI=1S/C19H18BrNO5/c1-12(22)14-4-3-5-16(10-14)21-19(24)13(2)26-18(23)11-25-17-8-6-15(20)7-9-17/h3-10,13H,11H2,1-2H3,(H,21,24)/t13-/m0/s1. The van der Waals surface area contributed by atoms with Crippen LogP contribution in [0, 0.1) is 0 Å². The van der Waals surface area contributed by atoms with Crippen LogP contribution >= 0.6 is 15.9 Å². The average Bonchev–Trinajstić information content (AvgIpc) is 2.61. The summed E-state index contributed by atoms with van der Waals surface area (Å²) < 4.78 is 11.2. The molecule has 0 heterocycles. The van der Waals surface area contributed by atoms with Crippen LogP contribution in [0.15, 0.2) is 53.0 Å². The number of nitrogens with one attached hydrogen (secondary N) is 1. The van der Waals surface area contributed by atoms with Gasteiger partial charge in [-0.1, -0.05) is 28.1 Å². The Morgan fingerprint density at radius 2 is 1.81 bits per heavy atom. The number of Topliss-reactive ketones (excluding diaryl/α,β-unsaturated/α-hetero) is 1. The van der Waals surface area contributed by atoms with Crippen molar-refractivity contribution in [2.45, 2.75) is 20.0 Å². The van der Waals surface area contributed by atoms with Gasteiger partial charge in [0.05, 0.1) is 0 Å². The molecule has 2 aromatic rings. The molecule has 7 heteroatoms. The topological polar surface area (TPSA) is 81.7 Å². The van der Waals surface area contributed by atoms with Crippen molar-refractivity contribution in [2.75, 3.05) is 11.9 Å². The van der Waals surface area contributed by atoms with Crippen molar-refractivity contribution in [3.05, 3.63) is 58.6 Å². The molecule has 0 fully saturated rings. The van der Waals surface area contributed by atoms with Gasteiger partial charge in [-0.05, 0) is 50.2 Å². The summed E-state index contributed by atoms with van der Waals surface area (Å²) >= 11 is 3.30. The van der Waals surface area contributed by atoms with Crippen LogP contribution in [0.5, 0.6) is 5.75 Å². The second-order valence-corrected chi connectivity index (χ2v) is 6.42. The summed E-state index contributed by atoms with van der Waals surface area (Å²) in [6.45, 7) is 2.59. The second-order valence-electron chi connectivity index (χ2n) is 5.50. The summed E-state index contributed by atoms with van der Waals surface area (Å²) in [7, 11) is 0. The molecule has 1 N–H and O–H groups in total. The SMILES string of the molecule is CC(=O)c1cccc(NC(=O)[C@H](C)OC(=O)COc2ccc(Br)cc2)c1. The lowest BCUT2D eigenvalue weighted by molar-refractivity contribution is -0.155. The predicted molar refractivity (Wildman–Crippen MR) is 100 cm³/mol. The fourth-order valence-corrected chi connectivity index (χ4v) is 2.28. The van der Waals surface area contributed by atoms with Crippen molar-refractivity contribution in [1.82, 2.24) is 0 Å². The monoisotopic (exact) mass is 419 g/mol. The largest absolute Gasteiger partial charge is 0.482 e. The molecule has 0 bridgehead atoms. The zero-order chi connectivity index (χ0) is 19.1. The Hall–Kier alpha value is -2.67. The van der Waals surface area contributed by atoms with Gasteiger partial charge in [-0.3, -0.25) is 9.59 Å². The van der Waals surface area contributed by atoms with E-state index in [1.165, 1.54) is 13.8 Å². The van der Waals surface area contributed by atoms with Crippen LogP contribution in [-0.2, 0) is 14.3 Å². The summed E-state index contributed by atoms with van der Waals surface area (Å²) in [6.07, 6.45) is -1.00. The van der Waals surface area contributed by atoms with Gasteiger partial charge in [0.2, 0.25) is 0 Å². The van der Waals surface area contributed by atoms with Gasteiger partial charge in [-0.2, -0.15) is 0 Å². The number of halogens is 1. The Labute approximate surface area is 159 Å². The van der Waals surface area contributed by atoms with Crippen molar-refractivity contribution >= 4 is 39.3 Å². The molecule has 0 aliphatic heterocycles. The van der Waals surface area contributed by atoms with E-state index >= 15 is 0 Å². The van der Waals surface area contributed by atoms with E-state index < -0.39 is 18.0 Å². The number of esters is 1. The fraction of sp³-hybridized carbons (Fsp3) is 0.211. The zero-order valence-electron chi connectivity index (χ0n) is 14.3. The molecule has 0 aliphatic rings. The van der Waals surface area contributed by atoms with E-state index in [2.05, 4.69) is 21.2 Å². The van der Waals surface area contributed by atoms with Crippen molar-refractivity contribution in [2.24, 2.45) is 0 Å². The lowest BCUT2D eigenvalue weighted by Gasteiger charge is -2.14. The van der Waals surface area contributed by atoms with E-state index in [1.807, 2.05) is 0 Å². The highest BCUT2D eigenvalue weighted by Crippen LogP contribution is 2.16. The first-order valence-electron chi connectivity index (χ1n) is 7.85. The first-order chi connectivity index (χ1) is 12.3. The molecule has 0 aliphatic carbocycles. The normalized spacial score (nSPS) is 11.3. The molecule has 1 atom stereocenters. The van der Waals surface area contributed by atoms with Gasteiger partial charge in [0, 0.05) is 15.7 Å². The van der Waals surface area contributed by atoms with Crippen LogP contribution in [0.1, 0.15) is 24.2 Å². The number of amides is 1. The van der Waals surface area contributed by atoms with Crippen molar-refractivity contribution in [3.63, 3.8) is 0 Å². The van der Waals surface area contributed by atoms with E-state index in [1.54, 1.807) is 48.5 Å². The minimum atomic E-state index is -1.00. The molecule has 0 saturated carbocycles. The fourth-order valence-electron chi connectivity index (χ4n) is 2.02. The highest BCUT2D eigenvalue weighted by atomic mass is 79.9. The Morgan fingerprint density at radius 1 is 1.12 bits per heavy atom. The number of hydrogen-bond acceptors (Lipinski definition) is 5. The Kier molecular flexibility index (Phi) is 6.91. The van der Waals surface area contributed by atoms with Crippen molar-refractivity contribution in [3.8, 4) is 5.75 Å². The first-order valence-corrected chi connectivity index (χ1v) is 8.64. The first kappa shape index (κ1) is 19.7. The highest BCUT2D eigenvalue weighted by Gasteiger charge is 2.18. The van der Waals surface area contributed by atoms with Gasteiger partial charge in [0.15, 0.2) is 18.5 Å². The molecular formula is C19H18BrNO5. The molecular weight excluding hydrogens is 402 g/mol. The van der Waals surface area contributed by atoms with Crippen molar-refractivity contribution in [1.29, 1.82) is 0 Å². The maximum Gasteiger partial charge on any atom is 0.344 e. The third-order valence-electron chi connectivity index (χ3n) is 3.38. The molecule has 6 nitrogen and oxygen atoms in total. The highest BCUT2D eigenvalue weighted by molar-refractivity contribution is 9.10. The zero-order valence-corrected chi connectivity index (χ0v) is 15.9. The lowest BCUT2D eigenvalue weighted by atomic mass is 10.1. The molecule has 2 rings (SSSR count). The van der Waals surface area contributed by atoms with E-state index in [4.69, 9.17) is 9.47 Å². The van der Waals surface area contributed by atoms with Gasteiger partial charge >= 0.3 is 5.97 Å². The van der Waals surface area contributed by atoms with Gasteiger partial charge in [0.1, 0.15) is 5.75 Å². The van der Waals surface area contributed by atoms with Crippen LogP contribution in [0.4, 0.5) is 5.69 Å². The minimum absolute atomic E-state index is 0.106. The smallest absolute Gasteiger partial charge is 0.344 e. The second kappa shape index (κ2) is 9.15. The van der Waals surface area contributed by atoms with Crippen LogP contribution < -0.4 is 10.1 Å². The van der Waals surface area contributed by atoms with Crippen LogP contribution in [-0.4, -0.2) is 30.4 Å². The molecule has 26 heavy (non-hydrogen) atoms. The number of ether oxygens (including phenoxy) is 2. The molecule has 0 spiro atoms. The number of ketones is 1. The molecule has 136 valence electrons. The Morgan fingerprint density at radius 3 is 2.46 bits per heavy atom. The molecule has 2 aromatic carbocycles. The maximum atomic E-state index is 12.1. The third kappa shape index (κ3) is 6.00. The Balaban J connectivity index is 1.84. The van der Waals surface area contributed by atoms with Crippen LogP contribution in [0.25, 0.3) is 0 Å².